The molecule has 0 saturated carbocycles. The van der Waals surface area contributed by atoms with Crippen molar-refractivity contribution in [3.05, 3.63) is 89.2 Å². The molecule has 38 heavy (non-hydrogen) atoms. The van der Waals surface area contributed by atoms with Gasteiger partial charge in [-0.25, -0.2) is 4.98 Å². The number of unbranched alkanes of at least 4 members (excludes halogenated alkanes) is 2. The van der Waals surface area contributed by atoms with Crippen LogP contribution in [-0.4, -0.2) is 35.7 Å². The summed E-state index contributed by atoms with van der Waals surface area (Å²) in [4.78, 5) is 17.2. The third-order valence-electron chi connectivity index (χ3n) is 7.00. The minimum atomic E-state index is 0.0556. The molecule has 0 fully saturated rings. The van der Waals surface area contributed by atoms with Gasteiger partial charge >= 0.3 is 0 Å². The van der Waals surface area contributed by atoms with Crippen molar-refractivity contribution < 1.29 is 14.3 Å². The van der Waals surface area contributed by atoms with Crippen LogP contribution in [0.4, 0.5) is 0 Å². The summed E-state index contributed by atoms with van der Waals surface area (Å²) < 4.78 is 13.6. The van der Waals surface area contributed by atoms with Gasteiger partial charge in [0.1, 0.15) is 17.3 Å². The maximum atomic E-state index is 12.3. The maximum absolute atomic E-state index is 12.3. The molecule has 0 spiro atoms. The van der Waals surface area contributed by atoms with Crippen molar-refractivity contribution in [1.29, 1.82) is 0 Å². The number of para-hydroxylation sites is 2. The summed E-state index contributed by atoms with van der Waals surface area (Å²) in [5, 5.41) is 3.04. The highest BCUT2D eigenvalue weighted by Crippen LogP contribution is 2.22. The van der Waals surface area contributed by atoms with Crippen LogP contribution < -0.4 is 14.8 Å². The SMILES string of the molecule is COc1ccc(CC(=O)NCCCCCc2nc3ccccc3n2CCCOc2cccc(C)c2C)cc1. The number of methoxy groups -OCH3 is 1. The number of carbonyl (C=O) groups is 1. The minimum Gasteiger partial charge on any atom is -0.497 e. The molecule has 4 aromatic rings. The van der Waals surface area contributed by atoms with E-state index in [9.17, 15) is 4.79 Å². The molecular formula is C32H39N3O3. The lowest BCUT2D eigenvalue weighted by atomic mass is 10.1. The molecule has 0 radical (unpaired) electrons. The lowest BCUT2D eigenvalue weighted by Gasteiger charge is -2.13. The van der Waals surface area contributed by atoms with Crippen molar-refractivity contribution in [2.45, 2.75) is 58.9 Å². The van der Waals surface area contributed by atoms with Gasteiger partial charge < -0.3 is 19.4 Å². The summed E-state index contributed by atoms with van der Waals surface area (Å²) in [5.74, 6) is 2.95. The van der Waals surface area contributed by atoms with Crippen molar-refractivity contribution in [3.63, 3.8) is 0 Å². The molecular weight excluding hydrogens is 474 g/mol. The van der Waals surface area contributed by atoms with E-state index in [0.29, 0.717) is 19.6 Å². The lowest BCUT2D eigenvalue weighted by Crippen LogP contribution is -2.26. The Kier molecular flexibility index (Phi) is 9.79. The normalized spacial score (nSPS) is 11.0. The summed E-state index contributed by atoms with van der Waals surface area (Å²) in [6.07, 6.45) is 5.27. The molecule has 6 nitrogen and oxygen atoms in total. The van der Waals surface area contributed by atoms with Gasteiger partial charge in [0, 0.05) is 19.5 Å². The number of aryl methyl sites for hydroxylation is 3. The molecule has 6 heteroatoms. The van der Waals surface area contributed by atoms with E-state index in [4.69, 9.17) is 14.5 Å². The van der Waals surface area contributed by atoms with Crippen LogP contribution in [0.1, 0.15) is 48.2 Å². The van der Waals surface area contributed by atoms with Gasteiger partial charge in [-0.2, -0.15) is 0 Å². The Morgan fingerprint density at radius 1 is 0.921 bits per heavy atom. The lowest BCUT2D eigenvalue weighted by molar-refractivity contribution is -0.120. The second-order valence-electron chi connectivity index (χ2n) is 9.75. The van der Waals surface area contributed by atoms with Crippen LogP contribution in [0.3, 0.4) is 0 Å². The number of fused-ring (bicyclic) bond motifs is 1. The van der Waals surface area contributed by atoms with E-state index in [2.05, 4.69) is 48.0 Å². The van der Waals surface area contributed by atoms with Crippen molar-refractivity contribution in [2.24, 2.45) is 0 Å². The molecule has 0 saturated heterocycles. The number of amides is 1. The smallest absolute Gasteiger partial charge is 0.224 e. The van der Waals surface area contributed by atoms with Crippen molar-refractivity contribution in [1.82, 2.24) is 14.9 Å². The average molecular weight is 514 g/mol. The highest BCUT2D eigenvalue weighted by molar-refractivity contribution is 5.78. The summed E-state index contributed by atoms with van der Waals surface area (Å²) in [7, 11) is 1.64. The van der Waals surface area contributed by atoms with E-state index in [1.54, 1.807) is 7.11 Å². The molecule has 0 aliphatic rings. The highest BCUT2D eigenvalue weighted by atomic mass is 16.5. The van der Waals surface area contributed by atoms with E-state index in [1.165, 1.54) is 16.6 Å². The van der Waals surface area contributed by atoms with E-state index >= 15 is 0 Å². The number of hydrogen-bond donors (Lipinski definition) is 1. The summed E-state index contributed by atoms with van der Waals surface area (Å²) in [5.41, 5.74) is 5.67. The van der Waals surface area contributed by atoms with Crippen LogP contribution in [0.2, 0.25) is 0 Å². The monoisotopic (exact) mass is 513 g/mol. The number of hydrogen-bond acceptors (Lipinski definition) is 4. The van der Waals surface area contributed by atoms with Crippen molar-refractivity contribution in [2.75, 3.05) is 20.3 Å². The van der Waals surface area contributed by atoms with E-state index in [1.807, 2.05) is 42.5 Å². The van der Waals surface area contributed by atoms with Crippen LogP contribution in [0.25, 0.3) is 11.0 Å². The van der Waals surface area contributed by atoms with Crippen LogP contribution in [0, 0.1) is 13.8 Å². The molecule has 0 aliphatic carbocycles. The van der Waals surface area contributed by atoms with Gasteiger partial charge in [0.2, 0.25) is 5.91 Å². The Morgan fingerprint density at radius 3 is 2.55 bits per heavy atom. The van der Waals surface area contributed by atoms with Gasteiger partial charge in [-0.1, -0.05) is 42.8 Å². The van der Waals surface area contributed by atoms with Crippen LogP contribution in [0.5, 0.6) is 11.5 Å². The highest BCUT2D eigenvalue weighted by Gasteiger charge is 2.11. The zero-order valence-electron chi connectivity index (χ0n) is 22.8. The molecule has 0 aliphatic heterocycles. The summed E-state index contributed by atoms with van der Waals surface area (Å²) in [6, 6.07) is 22.2. The molecule has 1 N–H and O–H groups in total. The fourth-order valence-electron chi connectivity index (χ4n) is 4.66. The van der Waals surface area contributed by atoms with Gasteiger partial charge in [-0.15, -0.1) is 0 Å². The number of nitrogens with one attached hydrogen (secondary N) is 1. The number of benzene rings is 3. The number of nitrogens with zero attached hydrogens (tertiary/aromatic N) is 2. The zero-order valence-corrected chi connectivity index (χ0v) is 22.8. The van der Waals surface area contributed by atoms with Crippen molar-refractivity contribution in [3.8, 4) is 11.5 Å². The molecule has 1 heterocycles. The van der Waals surface area contributed by atoms with E-state index in [0.717, 1.165) is 67.1 Å². The molecule has 0 atom stereocenters. The first-order chi connectivity index (χ1) is 18.5. The Hall–Kier alpha value is -3.80. The van der Waals surface area contributed by atoms with Crippen LogP contribution >= 0.6 is 0 Å². The molecule has 0 bridgehead atoms. The summed E-state index contributed by atoms with van der Waals surface area (Å²) >= 11 is 0. The quantitative estimate of drug-likeness (QED) is 0.204. The maximum Gasteiger partial charge on any atom is 0.224 e. The van der Waals surface area contributed by atoms with E-state index < -0.39 is 0 Å². The Labute approximate surface area is 226 Å². The predicted octanol–water partition coefficient (Wildman–Crippen LogP) is 6.20. The van der Waals surface area contributed by atoms with E-state index in [-0.39, 0.29) is 5.91 Å². The van der Waals surface area contributed by atoms with Gasteiger partial charge in [0.25, 0.3) is 0 Å². The molecule has 200 valence electrons. The van der Waals surface area contributed by atoms with Gasteiger partial charge in [-0.05, 0) is 80.1 Å². The third-order valence-corrected chi connectivity index (χ3v) is 7.00. The molecule has 1 amide bonds. The fraction of sp³-hybridized carbons (Fsp3) is 0.375. The minimum absolute atomic E-state index is 0.0556. The number of aromatic nitrogens is 2. The third kappa shape index (κ3) is 7.37. The molecule has 3 aromatic carbocycles. The average Bonchev–Trinajstić information content (AvgIpc) is 3.28. The molecule has 1 aromatic heterocycles. The Balaban J connectivity index is 1.21. The van der Waals surface area contributed by atoms with Crippen LogP contribution in [0.15, 0.2) is 66.7 Å². The largest absolute Gasteiger partial charge is 0.497 e. The van der Waals surface area contributed by atoms with Gasteiger partial charge in [0.05, 0.1) is 31.2 Å². The van der Waals surface area contributed by atoms with Crippen molar-refractivity contribution >= 4 is 16.9 Å². The number of carbonyl (C=O) groups excluding carboxylic acids is 1. The first-order valence-electron chi connectivity index (χ1n) is 13.6. The van der Waals surface area contributed by atoms with Gasteiger partial charge in [-0.3, -0.25) is 4.79 Å². The molecule has 0 unspecified atom stereocenters. The Bertz CT molecular complexity index is 1330. The Morgan fingerprint density at radius 2 is 1.74 bits per heavy atom. The second-order valence-corrected chi connectivity index (χ2v) is 9.75. The number of rotatable bonds is 14. The first-order valence-corrected chi connectivity index (χ1v) is 13.6. The van der Waals surface area contributed by atoms with Crippen LogP contribution in [-0.2, 0) is 24.2 Å². The predicted molar refractivity (Wildman–Crippen MR) is 153 cm³/mol. The number of imidazole rings is 1. The first kappa shape index (κ1) is 27.2. The topological polar surface area (TPSA) is 65.4 Å². The summed E-state index contributed by atoms with van der Waals surface area (Å²) in [6.45, 7) is 6.47. The number of ether oxygens (including phenoxy) is 2. The fourth-order valence-corrected chi connectivity index (χ4v) is 4.66. The van der Waals surface area contributed by atoms with Gasteiger partial charge in [0.15, 0.2) is 0 Å². The standard InChI is InChI=1S/C32H39N3O3/c1-24-11-9-14-30(25(24)2)38-22-10-21-35-29-13-7-6-12-28(29)34-31(35)15-5-4-8-20-33-32(36)23-26-16-18-27(37-3)19-17-26/h6-7,9,11-14,16-19H,4-5,8,10,15,20-23H2,1-3H3,(H,33,36). The molecule has 4 rings (SSSR count). The second kappa shape index (κ2) is 13.7. The zero-order chi connectivity index (χ0) is 26.7.